The molecule has 0 aliphatic heterocycles. The Bertz CT molecular complexity index is 562. The Balaban J connectivity index is 2.87. The standard InChI is InChI=1S/C12H19NO5S2/c1-8-7-19-10(12(15)18-3)11(8)20(16,17)13-6-4-5-9(2)14/h7,9,13-14H,4-6H2,1-3H3. The minimum atomic E-state index is -3.75. The molecule has 6 nitrogen and oxygen atoms in total. The van der Waals surface area contributed by atoms with E-state index in [1.165, 1.54) is 7.11 Å². The summed E-state index contributed by atoms with van der Waals surface area (Å²) in [6, 6.07) is 0. The Kier molecular flexibility index (Phi) is 6.12. The average Bonchev–Trinajstić information content (AvgIpc) is 2.76. The number of carbonyl (C=O) groups is 1. The molecule has 1 rings (SSSR count). The van der Waals surface area contributed by atoms with E-state index < -0.39 is 22.1 Å². The van der Waals surface area contributed by atoms with Crippen molar-refractivity contribution in [2.24, 2.45) is 0 Å². The molecule has 8 heteroatoms. The van der Waals surface area contributed by atoms with Crippen LogP contribution in [0.15, 0.2) is 10.3 Å². The first-order valence-corrected chi connectivity index (χ1v) is 8.50. The lowest BCUT2D eigenvalue weighted by atomic mass is 10.2. The topological polar surface area (TPSA) is 92.7 Å². The third kappa shape index (κ3) is 4.27. The van der Waals surface area contributed by atoms with E-state index in [1.54, 1.807) is 19.2 Å². The van der Waals surface area contributed by atoms with Gasteiger partial charge in [-0.1, -0.05) is 0 Å². The summed E-state index contributed by atoms with van der Waals surface area (Å²) in [6.45, 7) is 3.49. The number of ether oxygens (including phenoxy) is 1. The van der Waals surface area contributed by atoms with Gasteiger partial charge in [0.1, 0.15) is 9.77 Å². The normalized spacial score (nSPS) is 13.2. The van der Waals surface area contributed by atoms with Gasteiger partial charge >= 0.3 is 5.97 Å². The fourth-order valence-electron chi connectivity index (χ4n) is 1.68. The van der Waals surface area contributed by atoms with Crippen LogP contribution in [0.2, 0.25) is 0 Å². The summed E-state index contributed by atoms with van der Waals surface area (Å²) in [5.74, 6) is -0.660. The molecule has 0 saturated carbocycles. The Morgan fingerprint density at radius 3 is 2.75 bits per heavy atom. The van der Waals surface area contributed by atoms with Crippen molar-refractivity contribution in [3.05, 3.63) is 15.8 Å². The van der Waals surface area contributed by atoms with Gasteiger partial charge < -0.3 is 9.84 Å². The molecule has 1 atom stereocenters. The maximum atomic E-state index is 12.2. The van der Waals surface area contributed by atoms with Crippen LogP contribution in [0.25, 0.3) is 0 Å². The zero-order valence-electron chi connectivity index (χ0n) is 11.7. The van der Waals surface area contributed by atoms with E-state index in [-0.39, 0.29) is 16.3 Å². The molecule has 1 aromatic heterocycles. The molecular formula is C12H19NO5S2. The van der Waals surface area contributed by atoms with Crippen molar-refractivity contribution in [1.29, 1.82) is 0 Å². The second-order valence-electron chi connectivity index (χ2n) is 4.46. The molecule has 0 saturated heterocycles. The van der Waals surface area contributed by atoms with Crippen LogP contribution in [0, 0.1) is 6.92 Å². The Labute approximate surface area is 122 Å². The zero-order chi connectivity index (χ0) is 15.3. The lowest BCUT2D eigenvalue weighted by molar-refractivity contribution is 0.0602. The molecule has 1 heterocycles. The molecule has 0 spiro atoms. The summed E-state index contributed by atoms with van der Waals surface area (Å²) in [6.07, 6.45) is 0.566. The molecule has 0 radical (unpaired) electrons. The van der Waals surface area contributed by atoms with E-state index in [0.29, 0.717) is 18.4 Å². The van der Waals surface area contributed by atoms with Gasteiger partial charge in [0.05, 0.1) is 13.2 Å². The molecule has 0 aromatic carbocycles. The first kappa shape index (κ1) is 17.1. The summed E-state index contributed by atoms with van der Waals surface area (Å²) in [4.78, 5) is 11.6. The fourth-order valence-corrected chi connectivity index (χ4v) is 4.45. The maximum absolute atomic E-state index is 12.2. The number of carbonyl (C=O) groups excluding carboxylic acids is 1. The molecule has 0 aliphatic rings. The first-order chi connectivity index (χ1) is 9.29. The molecule has 0 fully saturated rings. The second-order valence-corrected chi connectivity index (χ2v) is 7.04. The molecule has 20 heavy (non-hydrogen) atoms. The van der Waals surface area contributed by atoms with Crippen molar-refractivity contribution >= 4 is 27.3 Å². The van der Waals surface area contributed by atoms with Gasteiger partial charge in [0.2, 0.25) is 10.0 Å². The number of hydrogen-bond donors (Lipinski definition) is 2. The van der Waals surface area contributed by atoms with E-state index in [9.17, 15) is 13.2 Å². The minimum absolute atomic E-state index is 0.0219. The van der Waals surface area contributed by atoms with Gasteiger partial charge in [0.25, 0.3) is 0 Å². The lowest BCUT2D eigenvalue weighted by Crippen LogP contribution is -2.27. The quantitative estimate of drug-likeness (QED) is 0.583. The van der Waals surface area contributed by atoms with Crippen LogP contribution in [0.3, 0.4) is 0 Å². The van der Waals surface area contributed by atoms with Crippen LogP contribution in [0.4, 0.5) is 0 Å². The van der Waals surface area contributed by atoms with E-state index in [2.05, 4.69) is 9.46 Å². The molecular weight excluding hydrogens is 302 g/mol. The molecule has 0 bridgehead atoms. The summed E-state index contributed by atoms with van der Waals surface area (Å²) >= 11 is 1.05. The van der Waals surface area contributed by atoms with Crippen molar-refractivity contribution in [1.82, 2.24) is 4.72 Å². The van der Waals surface area contributed by atoms with Crippen molar-refractivity contribution in [2.45, 2.75) is 37.7 Å². The number of aliphatic hydroxyl groups is 1. The van der Waals surface area contributed by atoms with Gasteiger partial charge in [0, 0.05) is 6.54 Å². The lowest BCUT2D eigenvalue weighted by Gasteiger charge is -2.09. The van der Waals surface area contributed by atoms with Gasteiger partial charge in [-0.3, -0.25) is 0 Å². The van der Waals surface area contributed by atoms with Gasteiger partial charge in [-0.15, -0.1) is 11.3 Å². The number of methoxy groups -OCH3 is 1. The van der Waals surface area contributed by atoms with Crippen LogP contribution in [-0.2, 0) is 14.8 Å². The summed E-state index contributed by atoms with van der Waals surface area (Å²) in [7, 11) is -2.54. The minimum Gasteiger partial charge on any atom is -0.465 e. The number of thiophene rings is 1. The highest BCUT2D eigenvalue weighted by Crippen LogP contribution is 2.27. The summed E-state index contributed by atoms with van der Waals surface area (Å²) in [5.41, 5.74) is 0.512. The van der Waals surface area contributed by atoms with Crippen LogP contribution in [0.1, 0.15) is 35.0 Å². The average molecular weight is 321 g/mol. The van der Waals surface area contributed by atoms with Crippen LogP contribution >= 0.6 is 11.3 Å². The van der Waals surface area contributed by atoms with Crippen LogP contribution in [-0.4, -0.2) is 39.3 Å². The second kappa shape index (κ2) is 7.16. The monoisotopic (exact) mass is 321 g/mol. The molecule has 0 aliphatic carbocycles. The number of hydrogen-bond acceptors (Lipinski definition) is 6. The highest BCUT2D eigenvalue weighted by molar-refractivity contribution is 7.89. The van der Waals surface area contributed by atoms with Crippen molar-refractivity contribution in [3.63, 3.8) is 0 Å². The van der Waals surface area contributed by atoms with Crippen molar-refractivity contribution in [3.8, 4) is 0 Å². The summed E-state index contributed by atoms with van der Waals surface area (Å²) < 4.78 is 31.5. The highest BCUT2D eigenvalue weighted by Gasteiger charge is 2.27. The Morgan fingerprint density at radius 1 is 1.55 bits per heavy atom. The number of nitrogens with one attached hydrogen (secondary N) is 1. The smallest absolute Gasteiger partial charge is 0.349 e. The predicted octanol–water partition coefficient (Wildman–Crippen LogP) is 1.28. The van der Waals surface area contributed by atoms with E-state index in [1.807, 2.05) is 0 Å². The van der Waals surface area contributed by atoms with Crippen LogP contribution < -0.4 is 4.72 Å². The molecule has 1 unspecified atom stereocenters. The zero-order valence-corrected chi connectivity index (χ0v) is 13.3. The van der Waals surface area contributed by atoms with Gasteiger partial charge in [-0.05, 0) is 37.6 Å². The number of rotatable bonds is 7. The van der Waals surface area contributed by atoms with Crippen molar-refractivity contribution < 1.29 is 23.1 Å². The maximum Gasteiger partial charge on any atom is 0.349 e. The molecule has 0 amide bonds. The summed E-state index contributed by atoms with van der Waals surface area (Å²) in [5, 5.41) is 10.7. The van der Waals surface area contributed by atoms with Crippen LogP contribution in [0.5, 0.6) is 0 Å². The molecule has 1 aromatic rings. The Hall–Kier alpha value is -0.960. The van der Waals surface area contributed by atoms with Crippen molar-refractivity contribution in [2.75, 3.05) is 13.7 Å². The van der Waals surface area contributed by atoms with E-state index >= 15 is 0 Å². The predicted molar refractivity (Wildman–Crippen MR) is 76.5 cm³/mol. The first-order valence-electron chi connectivity index (χ1n) is 6.13. The van der Waals surface area contributed by atoms with E-state index in [0.717, 1.165) is 11.3 Å². The highest BCUT2D eigenvalue weighted by atomic mass is 32.2. The van der Waals surface area contributed by atoms with Gasteiger partial charge in [0.15, 0.2) is 0 Å². The van der Waals surface area contributed by atoms with Gasteiger partial charge in [-0.2, -0.15) is 0 Å². The third-order valence-corrected chi connectivity index (χ3v) is 5.50. The largest absolute Gasteiger partial charge is 0.465 e. The Morgan fingerprint density at radius 2 is 2.20 bits per heavy atom. The third-order valence-electron chi connectivity index (χ3n) is 2.65. The number of esters is 1. The van der Waals surface area contributed by atoms with Gasteiger partial charge in [-0.25, -0.2) is 17.9 Å². The van der Waals surface area contributed by atoms with E-state index in [4.69, 9.17) is 5.11 Å². The fraction of sp³-hybridized carbons (Fsp3) is 0.583. The molecule has 114 valence electrons. The SMILES string of the molecule is COC(=O)c1scc(C)c1S(=O)(=O)NCCCC(C)O. The molecule has 2 N–H and O–H groups in total. The number of sulfonamides is 1. The number of aliphatic hydroxyl groups excluding tert-OH is 1. The number of aryl methyl sites for hydroxylation is 1.